The number of carbonyl (C=O) groups excluding carboxylic acids is 1. The van der Waals surface area contributed by atoms with Crippen LogP contribution in [-0.4, -0.2) is 25.0 Å². The summed E-state index contributed by atoms with van der Waals surface area (Å²) < 4.78 is 0. The second-order valence-corrected chi connectivity index (χ2v) is 3.18. The smallest absolute Gasteiger partial charge is 0.236 e. The molecule has 5 N–H and O–H groups in total. The molecule has 0 saturated heterocycles. The summed E-state index contributed by atoms with van der Waals surface area (Å²) in [4.78, 5) is 11.2. The molecule has 0 aromatic carbocycles. The van der Waals surface area contributed by atoms with E-state index in [0.717, 1.165) is 25.8 Å². The molecule has 0 bridgehead atoms. The van der Waals surface area contributed by atoms with E-state index in [1.165, 1.54) is 0 Å². The topological polar surface area (TPSA) is 81.1 Å². The molecule has 4 nitrogen and oxygen atoms in total. The fourth-order valence-electron chi connectivity index (χ4n) is 1.03. The minimum absolute atomic E-state index is 0.0819. The summed E-state index contributed by atoms with van der Waals surface area (Å²) in [6.45, 7) is 3.32. The number of unbranched alkanes of at least 4 members (excludes halogenated alkanes) is 2. The van der Waals surface area contributed by atoms with Crippen molar-refractivity contribution >= 4 is 5.91 Å². The lowest BCUT2D eigenvalue weighted by Gasteiger charge is -2.10. The van der Waals surface area contributed by atoms with E-state index in [4.69, 9.17) is 11.5 Å². The number of nitrogens with two attached hydrogens (primary N) is 2. The summed E-state index contributed by atoms with van der Waals surface area (Å²) in [7, 11) is 0. The fraction of sp³-hybridized carbons (Fsp3) is 0.889. The zero-order valence-electron chi connectivity index (χ0n) is 8.38. The number of nitrogens with one attached hydrogen (secondary N) is 1. The molecule has 0 radical (unpaired) electrons. The first kappa shape index (κ1) is 12.4. The summed E-state index contributed by atoms with van der Waals surface area (Å²) >= 11 is 0. The van der Waals surface area contributed by atoms with Crippen molar-refractivity contribution in [3.63, 3.8) is 0 Å². The van der Waals surface area contributed by atoms with Gasteiger partial charge in [-0.1, -0.05) is 19.8 Å². The van der Waals surface area contributed by atoms with Gasteiger partial charge in [-0.15, -0.1) is 0 Å². The van der Waals surface area contributed by atoms with Crippen molar-refractivity contribution in [1.82, 2.24) is 5.32 Å². The molecular weight excluding hydrogens is 166 g/mol. The van der Waals surface area contributed by atoms with E-state index in [0.29, 0.717) is 13.0 Å². The molecular formula is C9H21N3O. The zero-order chi connectivity index (χ0) is 10.1. The third-order valence-corrected chi connectivity index (χ3v) is 1.89. The molecule has 0 aliphatic carbocycles. The molecule has 1 amide bonds. The molecule has 0 rings (SSSR count). The van der Waals surface area contributed by atoms with Gasteiger partial charge in [-0.2, -0.15) is 0 Å². The van der Waals surface area contributed by atoms with Crippen molar-refractivity contribution in [2.45, 2.75) is 38.6 Å². The second kappa shape index (κ2) is 8.01. The summed E-state index contributed by atoms with van der Waals surface area (Å²) in [5.74, 6) is -0.0819. The highest BCUT2D eigenvalue weighted by Gasteiger charge is 2.10. The molecule has 78 valence electrons. The van der Waals surface area contributed by atoms with Crippen LogP contribution in [0.15, 0.2) is 0 Å². The van der Waals surface area contributed by atoms with Crippen molar-refractivity contribution < 1.29 is 4.79 Å². The Morgan fingerprint density at radius 2 is 2.15 bits per heavy atom. The van der Waals surface area contributed by atoms with Crippen LogP contribution in [0.2, 0.25) is 0 Å². The fourth-order valence-corrected chi connectivity index (χ4v) is 1.03. The number of carbonyl (C=O) groups is 1. The molecule has 0 aliphatic heterocycles. The van der Waals surface area contributed by atoms with Gasteiger partial charge in [0.1, 0.15) is 0 Å². The van der Waals surface area contributed by atoms with Crippen LogP contribution >= 0.6 is 0 Å². The second-order valence-electron chi connectivity index (χ2n) is 3.18. The summed E-state index contributed by atoms with van der Waals surface area (Å²) in [5.41, 5.74) is 10.8. The minimum Gasteiger partial charge on any atom is -0.355 e. The molecule has 13 heavy (non-hydrogen) atoms. The van der Waals surface area contributed by atoms with Gasteiger partial charge in [0, 0.05) is 6.54 Å². The molecule has 0 aliphatic rings. The molecule has 0 spiro atoms. The summed E-state index contributed by atoms with van der Waals surface area (Å²) in [5, 5.41) is 2.78. The van der Waals surface area contributed by atoms with Gasteiger partial charge in [-0.3, -0.25) is 4.79 Å². The first-order chi connectivity index (χ1) is 6.22. The maximum absolute atomic E-state index is 11.2. The van der Waals surface area contributed by atoms with Gasteiger partial charge in [0.25, 0.3) is 0 Å². The summed E-state index contributed by atoms with van der Waals surface area (Å²) in [6, 6.07) is -0.438. The van der Waals surface area contributed by atoms with E-state index in [2.05, 4.69) is 12.2 Å². The Morgan fingerprint density at radius 1 is 1.46 bits per heavy atom. The van der Waals surface area contributed by atoms with Crippen LogP contribution < -0.4 is 16.8 Å². The lowest BCUT2D eigenvalue weighted by Crippen LogP contribution is -2.42. The van der Waals surface area contributed by atoms with Crippen molar-refractivity contribution in [3.05, 3.63) is 0 Å². The van der Waals surface area contributed by atoms with E-state index >= 15 is 0 Å². The Bertz CT molecular complexity index is 139. The van der Waals surface area contributed by atoms with E-state index < -0.39 is 6.04 Å². The Morgan fingerprint density at radius 3 is 2.69 bits per heavy atom. The highest BCUT2D eigenvalue weighted by atomic mass is 16.2. The van der Waals surface area contributed by atoms with Crippen LogP contribution in [0.1, 0.15) is 32.6 Å². The van der Waals surface area contributed by atoms with Gasteiger partial charge in [0.05, 0.1) is 6.04 Å². The molecule has 1 atom stereocenters. The maximum atomic E-state index is 11.2. The Hall–Kier alpha value is -0.610. The third-order valence-electron chi connectivity index (χ3n) is 1.89. The average Bonchev–Trinajstić information content (AvgIpc) is 2.12. The van der Waals surface area contributed by atoms with Gasteiger partial charge in [-0.05, 0) is 19.4 Å². The van der Waals surface area contributed by atoms with Crippen LogP contribution in [0, 0.1) is 0 Å². The molecule has 0 aromatic heterocycles. The maximum Gasteiger partial charge on any atom is 0.236 e. The lowest BCUT2D eigenvalue weighted by atomic mass is 10.2. The largest absolute Gasteiger partial charge is 0.355 e. The van der Waals surface area contributed by atoms with Gasteiger partial charge >= 0.3 is 0 Å². The Labute approximate surface area is 80.0 Å². The van der Waals surface area contributed by atoms with Crippen LogP contribution in [-0.2, 0) is 4.79 Å². The summed E-state index contributed by atoms with van der Waals surface area (Å²) in [6.07, 6.45) is 3.88. The van der Waals surface area contributed by atoms with Crippen LogP contribution in [0.25, 0.3) is 0 Å². The Kier molecular flexibility index (Phi) is 7.63. The van der Waals surface area contributed by atoms with E-state index in [9.17, 15) is 4.79 Å². The van der Waals surface area contributed by atoms with Crippen molar-refractivity contribution in [1.29, 1.82) is 0 Å². The highest BCUT2D eigenvalue weighted by molar-refractivity contribution is 5.81. The standard InChI is InChI=1S/C9H21N3O/c1-2-3-4-7-12-9(13)8(11)5-6-10/h8H,2-7,10-11H2,1H3,(H,12,13)/t8-/m0/s1. The Balaban J connectivity index is 3.38. The van der Waals surface area contributed by atoms with E-state index in [1.807, 2.05) is 0 Å². The zero-order valence-corrected chi connectivity index (χ0v) is 8.38. The molecule has 0 fully saturated rings. The van der Waals surface area contributed by atoms with Crippen LogP contribution in [0.5, 0.6) is 0 Å². The third kappa shape index (κ3) is 6.54. The van der Waals surface area contributed by atoms with Crippen molar-refractivity contribution in [2.24, 2.45) is 11.5 Å². The van der Waals surface area contributed by atoms with Crippen molar-refractivity contribution in [2.75, 3.05) is 13.1 Å². The molecule has 0 saturated carbocycles. The van der Waals surface area contributed by atoms with E-state index in [-0.39, 0.29) is 5.91 Å². The normalized spacial score (nSPS) is 12.5. The van der Waals surface area contributed by atoms with Crippen molar-refractivity contribution in [3.8, 4) is 0 Å². The monoisotopic (exact) mass is 187 g/mol. The van der Waals surface area contributed by atoms with Crippen LogP contribution in [0.3, 0.4) is 0 Å². The highest BCUT2D eigenvalue weighted by Crippen LogP contribution is 1.92. The first-order valence-electron chi connectivity index (χ1n) is 4.95. The van der Waals surface area contributed by atoms with E-state index in [1.54, 1.807) is 0 Å². The number of rotatable bonds is 7. The predicted octanol–water partition coefficient (Wildman–Crippen LogP) is -0.0311. The predicted molar refractivity (Wildman–Crippen MR) is 54.2 cm³/mol. The van der Waals surface area contributed by atoms with Gasteiger partial charge in [0.2, 0.25) is 5.91 Å². The first-order valence-corrected chi connectivity index (χ1v) is 4.95. The minimum atomic E-state index is -0.438. The van der Waals surface area contributed by atoms with Crippen LogP contribution in [0.4, 0.5) is 0 Å². The molecule has 0 unspecified atom stereocenters. The number of hydrogen-bond donors (Lipinski definition) is 3. The average molecular weight is 187 g/mol. The number of amides is 1. The quantitative estimate of drug-likeness (QED) is 0.489. The lowest BCUT2D eigenvalue weighted by molar-refractivity contribution is -0.122. The number of hydrogen-bond acceptors (Lipinski definition) is 3. The van der Waals surface area contributed by atoms with Gasteiger partial charge in [-0.25, -0.2) is 0 Å². The SMILES string of the molecule is CCCCCNC(=O)[C@@H](N)CCN. The molecule has 4 heteroatoms. The van der Waals surface area contributed by atoms with Gasteiger partial charge in [0.15, 0.2) is 0 Å². The van der Waals surface area contributed by atoms with Gasteiger partial charge < -0.3 is 16.8 Å². The molecule has 0 heterocycles. The molecule has 0 aromatic rings.